The summed E-state index contributed by atoms with van der Waals surface area (Å²) in [6.07, 6.45) is 4.51. The number of carbonyl (C=O) groups is 1. The highest BCUT2D eigenvalue weighted by atomic mass is 16.6. The Labute approximate surface area is 126 Å². The van der Waals surface area contributed by atoms with Gasteiger partial charge in [-0.25, -0.2) is 4.79 Å². The van der Waals surface area contributed by atoms with Crippen LogP contribution in [-0.2, 0) is 4.84 Å². The largest absolute Gasteiger partial charge is 0.465 e. The first-order chi connectivity index (χ1) is 10.1. The lowest BCUT2D eigenvalue weighted by atomic mass is 9.91. The molecule has 2 aliphatic heterocycles. The van der Waals surface area contributed by atoms with Crippen molar-refractivity contribution in [3.05, 3.63) is 0 Å². The predicted octanol–water partition coefficient (Wildman–Crippen LogP) is 2.25. The summed E-state index contributed by atoms with van der Waals surface area (Å²) < 4.78 is 0. The van der Waals surface area contributed by atoms with Crippen molar-refractivity contribution in [2.45, 2.75) is 45.1 Å². The molecular weight excluding hydrogens is 270 g/mol. The number of piperidine rings is 1. The van der Waals surface area contributed by atoms with Gasteiger partial charge >= 0.3 is 6.09 Å². The van der Waals surface area contributed by atoms with Gasteiger partial charge in [0.15, 0.2) is 0 Å². The molecule has 1 atom stereocenters. The summed E-state index contributed by atoms with van der Waals surface area (Å²) in [6.45, 7) is 5.56. The van der Waals surface area contributed by atoms with Gasteiger partial charge in [0.25, 0.3) is 0 Å². The van der Waals surface area contributed by atoms with E-state index in [0.29, 0.717) is 25.0 Å². The number of rotatable bonds is 3. The van der Waals surface area contributed by atoms with Crippen LogP contribution in [0.4, 0.5) is 4.79 Å². The number of oxime groups is 1. The third kappa shape index (κ3) is 4.33. The van der Waals surface area contributed by atoms with Crippen LogP contribution in [-0.4, -0.2) is 66.0 Å². The quantitative estimate of drug-likeness (QED) is 0.641. The van der Waals surface area contributed by atoms with E-state index in [9.17, 15) is 4.79 Å². The summed E-state index contributed by atoms with van der Waals surface area (Å²) in [5.74, 6) is 0.530. The molecule has 0 aromatic rings. The second-order valence-corrected chi connectivity index (χ2v) is 6.08. The molecule has 120 valence electrons. The Morgan fingerprint density at radius 2 is 1.86 bits per heavy atom. The SMILES string of the molecule is CO/N=C(\C)C1CCN(C2CCCN(C(=O)O)CC2)CC1. The van der Waals surface area contributed by atoms with Gasteiger partial charge in [0.2, 0.25) is 0 Å². The van der Waals surface area contributed by atoms with Crippen molar-refractivity contribution in [2.24, 2.45) is 11.1 Å². The van der Waals surface area contributed by atoms with Crippen molar-refractivity contribution in [1.29, 1.82) is 0 Å². The molecule has 0 aromatic heterocycles. The topological polar surface area (TPSA) is 65.4 Å². The van der Waals surface area contributed by atoms with Gasteiger partial charge in [-0.2, -0.15) is 0 Å². The third-order valence-corrected chi connectivity index (χ3v) is 4.84. The fourth-order valence-electron chi connectivity index (χ4n) is 3.54. The number of likely N-dealkylation sites (tertiary alicyclic amines) is 2. The molecule has 0 saturated carbocycles. The number of hydrogen-bond donors (Lipinski definition) is 1. The molecule has 0 aliphatic carbocycles. The van der Waals surface area contributed by atoms with Crippen LogP contribution in [0, 0.1) is 5.92 Å². The predicted molar refractivity (Wildman–Crippen MR) is 81.7 cm³/mol. The zero-order valence-electron chi connectivity index (χ0n) is 13.1. The van der Waals surface area contributed by atoms with Crippen LogP contribution in [0.15, 0.2) is 5.16 Å². The van der Waals surface area contributed by atoms with Gasteiger partial charge in [0.05, 0.1) is 5.71 Å². The van der Waals surface area contributed by atoms with E-state index in [1.54, 1.807) is 12.0 Å². The first-order valence-corrected chi connectivity index (χ1v) is 7.91. The first kappa shape index (κ1) is 16.1. The Morgan fingerprint density at radius 1 is 1.14 bits per heavy atom. The molecule has 0 radical (unpaired) electrons. The molecule has 2 fully saturated rings. The van der Waals surface area contributed by atoms with Crippen LogP contribution in [0.5, 0.6) is 0 Å². The second kappa shape index (κ2) is 7.64. The van der Waals surface area contributed by atoms with Crippen molar-refractivity contribution in [3.8, 4) is 0 Å². The summed E-state index contributed by atoms with van der Waals surface area (Å²) in [4.78, 5) is 20.0. The summed E-state index contributed by atoms with van der Waals surface area (Å²) in [6, 6.07) is 0.537. The van der Waals surface area contributed by atoms with E-state index in [-0.39, 0.29) is 0 Å². The molecule has 1 N–H and O–H groups in total. The highest BCUT2D eigenvalue weighted by Crippen LogP contribution is 2.25. The van der Waals surface area contributed by atoms with Gasteiger partial charge in [-0.05, 0) is 52.1 Å². The Kier molecular flexibility index (Phi) is 5.85. The Balaban J connectivity index is 1.82. The number of carboxylic acid groups (broad SMARTS) is 1. The molecule has 2 saturated heterocycles. The van der Waals surface area contributed by atoms with Crippen LogP contribution in [0.25, 0.3) is 0 Å². The normalized spacial score (nSPS) is 26.5. The van der Waals surface area contributed by atoms with Gasteiger partial charge in [0, 0.05) is 25.0 Å². The Hall–Kier alpha value is -1.30. The molecule has 21 heavy (non-hydrogen) atoms. The van der Waals surface area contributed by atoms with E-state index in [1.807, 2.05) is 6.92 Å². The minimum absolute atomic E-state index is 0.530. The average Bonchev–Trinajstić information content (AvgIpc) is 2.73. The van der Waals surface area contributed by atoms with Crippen molar-refractivity contribution >= 4 is 11.8 Å². The molecule has 1 unspecified atom stereocenters. The van der Waals surface area contributed by atoms with Crippen molar-refractivity contribution in [3.63, 3.8) is 0 Å². The maximum atomic E-state index is 11.1. The maximum Gasteiger partial charge on any atom is 0.407 e. The monoisotopic (exact) mass is 297 g/mol. The maximum absolute atomic E-state index is 11.1. The zero-order chi connectivity index (χ0) is 15.2. The molecule has 2 heterocycles. The Bertz CT molecular complexity index is 378. The van der Waals surface area contributed by atoms with Crippen molar-refractivity contribution in [1.82, 2.24) is 9.80 Å². The molecule has 6 nitrogen and oxygen atoms in total. The summed E-state index contributed by atoms with van der Waals surface area (Å²) in [7, 11) is 1.60. The standard InChI is InChI=1S/C15H27N3O3/c1-12(16-21-2)13-5-9-17(10-6-13)14-4-3-8-18(11-7-14)15(19)20/h13-14H,3-11H2,1-2H3,(H,19,20)/b16-12+. The molecule has 2 rings (SSSR count). The molecule has 1 amide bonds. The van der Waals surface area contributed by atoms with Gasteiger partial charge in [0.1, 0.15) is 7.11 Å². The lowest BCUT2D eigenvalue weighted by Crippen LogP contribution is -2.43. The molecular formula is C15H27N3O3. The van der Waals surface area contributed by atoms with E-state index >= 15 is 0 Å². The smallest absolute Gasteiger partial charge is 0.407 e. The van der Waals surface area contributed by atoms with Gasteiger partial charge in [-0.1, -0.05) is 5.16 Å². The molecule has 0 spiro atoms. The number of nitrogens with zero attached hydrogens (tertiary/aromatic N) is 3. The van der Waals surface area contributed by atoms with Crippen LogP contribution in [0.1, 0.15) is 39.0 Å². The fourth-order valence-corrected chi connectivity index (χ4v) is 3.54. The zero-order valence-corrected chi connectivity index (χ0v) is 13.1. The molecule has 0 aromatic carbocycles. The minimum Gasteiger partial charge on any atom is -0.465 e. The summed E-state index contributed by atoms with van der Waals surface area (Å²) >= 11 is 0. The lowest BCUT2D eigenvalue weighted by Gasteiger charge is -2.37. The van der Waals surface area contributed by atoms with E-state index < -0.39 is 6.09 Å². The molecule has 0 bridgehead atoms. The van der Waals surface area contributed by atoms with E-state index in [4.69, 9.17) is 9.94 Å². The van der Waals surface area contributed by atoms with Crippen molar-refractivity contribution in [2.75, 3.05) is 33.3 Å². The average molecular weight is 297 g/mol. The third-order valence-electron chi connectivity index (χ3n) is 4.84. The van der Waals surface area contributed by atoms with Crippen molar-refractivity contribution < 1.29 is 14.7 Å². The van der Waals surface area contributed by atoms with E-state index in [2.05, 4.69) is 10.1 Å². The fraction of sp³-hybridized carbons (Fsp3) is 0.867. The van der Waals surface area contributed by atoms with Crippen LogP contribution in [0.3, 0.4) is 0 Å². The second-order valence-electron chi connectivity index (χ2n) is 6.08. The highest BCUT2D eigenvalue weighted by Gasteiger charge is 2.28. The van der Waals surface area contributed by atoms with Crippen LogP contribution >= 0.6 is 0 Å². The van der Waals surface area contributed by atoms with Gasteiger partial charge in [-0.15, -0.1) is 0 Å². The summed E-state index contributed by atoms with van der Waals surface area (Å²) in [5.41, 5.74) is 1.09. The van der Waals surface area contributed by atoms with E-state index in [0.717, 1.165) is 50.9 Å². The van der Waals surface area contributed by atoms with Gasteiger partial charge < -0.3 is 19.7 Å². The first-order valence-electron chi connectivity index (χ1n) is 7.91. The summed E-state index contributed by atoms with van der Waals surface area (Å²) in [5, 5.41) is 13.1. The number of hydrogen-bond acceptors (Lipinski definition) is 4. The van der Waals surface area contributed by atoms with E-state index in [1.165, 1.54) is 0 Å². The molecule has 6 heteroatoms. The highest BCUT2D eigenvalue weighted by molar-refractivity contribution is 5.83. The van der Waals surface area contributed by atoms with Crippen LogP contribution in [0.2, 0.25) is 0 Å². The molecule has 2 aliphatic rings. The minimum atomic E-state index is -0.777. The number of amides is 1. The van der Waals surface area contributed by atoms with Gasteiger partial charge in [-0.3, -0.25) is 0 Å². The Morgan fingerprint density at radius 3 is 2.48 bits per heavy atom. The lowest BCUT2D eigenvalue weighted by molar-refractivity contribution is 0.129. The van der Waals surface area contributed by atoms with Crippen LogP contribution < -0.4 is 0 Å².